The lowest BCUT2D eigenvalue weighted by Gasteiger charge is -2.12. The Balaban J connectivity index is 1.71. The first-order chi connectivity index (χ1) is 15.7. The second-order valence-electron chi connectivity index (χ2n) is 7.27. The van der Waals surface area contributed by atoms with Gasteiger partial charge in [0.25, 0.3) is 11.8 Å². The van der Waals surface area contributed by atoms with Crippen LogP contribution in [0.3, 0.4) is 0 Å². The third kappa shape index (κ3) is 8.15. The van der Waals surface area contributed by atoms with Gasteiger partial charge < -0.3 is 14.8 Å². The molecule has 33 heavy (non-hydrogen) atoms. The lowest BCUT2D eigenvalue weighted by molar-refractivity contribution is -0.274. The second kappa shape index (κ2) is 10.9. The average Bonchev–Trinajstić information content (AvgIpc) is 3.60. The first kappa shape index (κ1) is 24.1. The highest BCUT2D eigenvalue weighted by molar-refractivity contribution is 6.05. The summed E-state index contributed by atoms with van der Waals surface area (Å²) in [4.78, 5) is 30.0. The SMILES string of the molecule is CCONC(=O)/C(=C/c1ccc(OC(F)(F)F)cc1)NC(=O)c1ccc(OCC2CC2)cc1. The number of hydrogen-bond donors (Lipinski definition) is 2. The molecule has 0 atom stereocenters. The van der Waals surface area contributed by atoms with Crippen molar-refractivity contribution in [3.63, 3.8) is 0 Å². The van der Waals surface area contributed by atoms with Gasteiger partial charge in [0, 0.05) is 5.56 Å². The van der Waals surface area contributed by atoms with Gasteiger partial charge in [-0.05, 0) is 73.7 Å². The molecule has 10 heteroatoms. The zero-order chi connectivity index (χ0) is 23.8. The number of alkyl halides is 3. The van der Waals surface area contributed by atoms with Crippen LogP contribution in [-0.4, -0.2) is 31.4 Å². The quantitative estimate of drug-likeness (QED) is 0.406. The summed E-state index contributed by atoms with van der Waals surface area (Å²) >= 11 is 0. The smallest absolute Gasteiger partial charge is 0.493 e. The van der Waals surface area contributed by atoms with Crippen molar-refractivity contribution in [3.8, 4) is 11.5 Å². The summed E-state index contributed by atoms with van der Waals surface area (Å²) in [5, 5.41) is 2.50. The van der Waals surface area contributed by atoms with Gasteiger partial charge in [0.1, 0.15) is 17.2 Å². The molecule has 0 spiro atoms. The standard InChI is InChI=1S/C23H23F3N2O5/c1-2-32-28-22(30)20(13-15-5-9-19(10-6-15)33-23(24,25)26)27-21(29)17-7-11-18(12-8-17)31-14-16-3-4-16/h5-13,16H,2-4,14H2,1H3,(H,27,29)(H,28,30)/b20-13-. The van der Waals surface area contributed by atoms with Gasteiger partial charge in [0.2, 0.25) is 0 Å². The van der Waals surface area contributed by atoms with E-state index in [2.05, 4.69) is 15.5 Å². The number of rotatable bonds is 10. The number of hydroxylamine groups is 1. The largest absolute Gasteiger partial charge is 0.573 e. The highest BCUT2D eigenvalue weighted by Crippen LogP contribution is 2.29. The Hall–Kier alpha value is -3.53. The molecular weight excluding hydrogens is 441 g/mol. The molecule has 1 saturated carbocycles. The molecule has 2 amide bonds. The summed E-state index contributed by atoms with van der Waals surface area (Å²) in [5.74, 6) is -0.458. The molecular formula is C23H23F3N2O5. The van der Waals surface area contributed by atoms with Crippen LogP contribution in [0.2, 0.25) is 0 Å². The molecule has 0 unspecified atom stereocenters. The van der Waals surface area contributed by atoms with E-state index in [1.54, 1.807) is 31.2 Å². The minimum Gasteiger partial charge on any atom is -0.493 e. The number of nitrogens with one attached hydrogen (secondary N) is 2. The van der Waals surface area contributed by atoms with Gasteiger partial charge in [-0.25, -0.2) is 5.48 Å². The Kier molecular flexibility index (Phi) is 7.94. The van der Waals surface area contributed by atoms with Crippen molar-refractivity contribution in [3.05, 3.63) is 65.4 Å². The van der Waals surface area contributed by atoms with Crippen molar-refractivity contribution in [1.82, 2.24) is 10.8 Å². The molecule has 1 aliphatic rings. The fourth-order valence-corrected chi connectivity index (χ4v) is 2.68. The van der Waals surface area contributed by atoms with Crippen molar-refractivity contribution in [2.24, 2.45) is 5.92 Å². The monoisotopic (exact) mass is 464 g/mol. The van der Waals surface area contributed by atoms with Gasteiger partial charge in [0.05, 0.1) is 13.2 Å². The predicted molar refractivity (Wildman–Crippen MR) is 113 cm³/mol. The van der Waals surface area contributed by atoms with Gasteiger partial charge in [0.15, 0.2) is 0 Å². The minimum atomic E-state index is -4.81. The summed E-state index contributed by atoms with van der Waals surface area (Å²) in [6.07, 6.45) is -1.18. The first-order valence-electron chi connectivity index (χ1n) is 10.3. The van der Waals surface area contributed by atoms with Crippen LogP contribution in [0.1, 0.15) is 35.7 Å². The van der Waals surface area contributed by atoms with E-state index in [0.717, 1.165) is 25.0 Å². The Morgan fingerprint density at radius 2 is 1.67 bits per heavy atom. The number of carbonyl (C=O) groups excluding carboxylic acids is 2. The van der Waals surface area contributed by atoms with Crippen molar-refractivity contribution in [1.29, 1.82) is 0 Å². The van der Waals surface area contributed by atoms with Crippen LogP contribution in [0.5, 0.6) is 11.5 Å². The number of benzene rings is 2. The lowest BCUT2D eigenvalue weighted by Crippen LogP contribution is -2.34. The summed E-state index contributed by atoms with van der Waals surface area (Å²) in [5.41, 5.74) is 2.67. The molecule has 2 N–H and O–H groups in total. The van der Waals surface area contributed by atoms with Crippen molar-refractivity contribution < 1.29 is 37.1 Å². The van der Waals surface area contributed by atoms with Gasteiger partial charge in [-0.2, -0.15) is 0 Å². The first-order valence-corrected chi connectivity index (χ1v) is 10.3. The normalized spacial score (nSPS) is 13.9. The van der Waals surface area contributed by atoms with E-state index in [4.69, 9.17) is 9.57 Å². The molecule has 2 aromatic carbocycles. The molecule has 0 radical (unpaired) electrons. The third-order valence-corrected chi connectivity index (χ3v) is 4.53. The van der Waals surface area contributed by atoms with Crippen LogP contribution in [0, 0.1) is 5.92 Å². The van der Waals surface area contributed by atoms with Crippen LogP contribution >= 0.6 is 0 Å². The summed E-state index contributed by atoms with van der Waals surface area (Å²) < 4.78 is 46.5. The molecule has 0 saturated heterocycles. The van der Waals surface area contributed by atoms with Gasteiger partial charge in [-0.15, -0.1) is 13.2 Å². The van der Waals surface area contributed by atoms with E-state index >= 15 is 0 Å². The van der Waals surface area contributed by atoms with E-state index in [1.807, 2.05) is 0 Å². The van der Waals surface area contributed by atoms with Gasteiger partial charge in [-0.3, -0.25) is 14.4 Å². The number of amides is 2. The van der Waals surface area contributed by atoms with Crippen molar-refractivity contribution >= 4 is 17.9 Å². The highest BCUT2D eigenvalue weighted by Gasteiger charge is 2.31. The Morgan fingerprint density at radius 3 is 2.24 bits per heavy atom. The molecule has 176 valence electrons. The number of halogens is 3. The maximum Gasteiger partial charge on any atom is 0.573 e. The van der Waals surface area contributed by atoms with Crippen LogP contribution in [0.4, 0.5) is 13.2 Å². The average molecular weight is 464 g/mol. The highest BCUT2D eigenvalue weighted by atomic mass is 19.4. The molecule has 1 aliphatic carbocycles. The molecule has 3 rings (SSSR count). The summed E-state index contributed by atoms with van der Waals surface area (Å²) in [6.45, 7) is 2.50. The predicted octanol–water partition coefficient (Wildman–Crippen LogP) is 4.21. The summed E-state index contributed by atoms with van der Waals surface area (Å²) in [6, 6.07) is 11.3. The summed E-state index contributed by atoms with van der Waals surface area (Å²) in [7, 11) is 0. The molecule has 0 aromatic heterocycles. The van der Waals surface area contributed by atoms with Crippen LogP contribution in [0.15, 0.2) is 54.2 Å². The van der Waals surface area contributed by atoms with E-state index in [9.17, 15) is 22.8 Å². The topological polar surface area (TPSA) is 85.9 Å². The minimum absolute atomic E-state index is 0.160. The fourth-order valence-electron chi connectivity index (χ4n) is 2.68. The van der Waals surface area contributed by atoms with E-state index < -0.39 is 23.9 Å². The van der Waals surface area contributed by atoms with E-state index in [-0.39, 0.29) is 17.9 Å². The zero-order valence-corrected chi connectivity index (χ0v) is 17.8. The molecule has 0 bridgehead atoms. The third-order valence-electron chi connectivity index (χ3n) is 4.53. The fraction of sp³-hybridized carbons (Fsp3) is 0.304. The van der Waals surface area contributed by atoms with Crippen molar-refractivity contribution in [2.75, 3.05) is 13.2 Å². The Morgan fingerprint density at radius 1 is 1.03 bits per heavy atom. The Bertz CT molecular complexity index is 985. The van der Waals surface area contributed by atoms with Crippen molar-refractivity contribution in [2.45, 2.75) is 26.1 Å². The molecule has 1 fully saturated rings. The molecule has 2 aromatic rings. The molecule has 0 heterocycles. The number of ether oxygens (including phenoxy) is 2. The van der Waals surface area contributed by atoms with Gasteiger partial charge >= 0.3 is 6.36 Å². The van der Waals surface area contributed by atoms with Gasteiger partial charge in [-0.1, -0.05) is 12.1 Å². The lowest BCUT2D eigenvalue weighted by atomic mass is 10.1. The van der Waals surface area contributed by atoms with Crippen LogP contribution in [0.25, 0.3) is 6.08 Å². The van der Waals surface area contributed by atoms with E-state index in [0.29, 0.717) is 23.8 Å². The second-order valence-corrected chi connectivity index (χ2v) is 7.27. The van der Waals surface area contributed by atoms with Crippen LogP contribution < -0.4 is 20.3 Å². The number of carbonyl (C=O) groups is 2. The molecule has 7 nitrogen and oxygen atoms in total. The van der Waals surface area contributed by atoms with E-state index in [1.165, 1.54) is 18.2 Å². The maximum atomic E-state index is 12.7. The zero-order valence-electron chi connectivity index (χ0n) is 17.8. The number of hydrogen-bond acceptors (Lipinski definition) is 5. The Labute approximate surface area is 188 Å². The molecule has 0 aliphatic heterocycles. The van der Waals surface area contributed by atoms with Crippen LogP contribution in [-0.2, 0) is 9.63 Å². The maximum absolute atomic E-state index is 12.7.